The van der Waals surface area contributed by atoms with Crippen molar-refractivity contribution in [1.82, 2.24) is 14.9 Å². The summed E-state index contributed by atoms with van der Waals surface area (Å²) in [5, 5.41) is 6.97. The fraction of sp³-hybridized carbons (Fsp3) is 0.310. The SMILES string of the molecule is COc1ccn2nc(C)c(C(=O)NCc3ccc(N4CCN(c5ccc(OC(F)(F)F)cc5)[C@@H](C)C4)c(F)c3F)c2c1.Cl. The zero-order valence-corrected chi connectivity index (χ0v) is 24.2. The van der Waals surface area contributed by atoms with E-state index >= 15 is 8.78 Å². The molecule has 0 spiro atoms. The number of pyridine rings is 1. The third-order valence-electron chi connectivity index (χ3n) is 7.20. The number of halogens is 6. The molecule has 1 fully saturated rings. The van der Waals surface area contributed by atoms with Crippen LogP contribution in [0.1, 0.15) is 28.5 Å². The Morgan fingerprint density at radius 2 is 1.77 bits per heavy atom. The number of fused-ring (bicyclic) bond motifs is 1. The number of anilines is 2. The van der Waals surface area contributed by atoms with Crippen LogP contribution in [-0.2, 0) is 6.54 Å². The van der Waals surface area contributed by atoms with Crippen LogP contribution in [0.3, 0.4) is 0 Å². The fourth-order valence-electron chi connectivity index (χ4n) is 5.18. The van der Waals surface area contributed by atoms with Crippen LogP contribution in [0.25, 0.3) is 5.52 Å². The Bertz CT molecular complexity index is 1610. The van der Waals surface area contributed by atoms with E-state index in [2.05, 4.69) is 15.2 Å². The third kappa shape index (κ3) is 6.71. The van der Waals surface area contributed by atoms with Gasteiger partial charge in [0.1, 0.15) is 11.5 Å². The van der Waals surface area contributed by atoms with E-state index in [1.54, 1.807) is 34.7 Å². The molecular formula is C29H29ClF5N5O3. The highest BCUT2D eigenvalue weighted by molar-refractivity contribution is 6.02. The predicted octanol–water partition coefficient (Wildman–Crippen LogP) is 5.90. The topological polar surface area (TPSA) is 71.3 Å². The molecule has 2 aromatic carbocycles. The summed E-state index contributed by atoms with van der Waals surface area (Å²) >= 11 is 0. The van der Waals surface area contributed by atoms with Gasteiger partial charge in [0, 0.05) is 55.7 Å². The first-order valence-electron chi connectivity index (χ1n) is 13.1. The molecule has 0 aliphatic carbocycles. The van der Waals surface area contributed by atoms with Crippen LogP contribution in [0.2, 0.25) is 0 Å². The van der Waals surface area contributed by atoms with Crippen molar-refractivity contribution in [2.24, 2.45) is 0 Å². The lowest BCUT2D eigenvalue weighted by Gasteiger charge is -2.42. The number of carbonyl (C=O) groups excluding carboxylic acids is 1. The first kappa shape index (κ1) is 31.7. The molecule has 43 heavy (non-hydrogen) atoms. The van der Waals surface area contributed by atoms with Crippen LogP contribution < -0.4 is 24.6 Å². The molecule has 8 nitrogen and oxygen atoms in total. The van der Waals surface area contributed by atoms with Crippen molar-refractivity contribution in [3.05, 3.63) is 83.2 Å². The van der Waals surface area contributed by atoms with Crippen molar-refractivity contribution in [2.45, 2.75) is 32.8 Å². The Labute approximate surface area is 250 Å². The highest BCUT2D eigenvalue weighted by atomic mass is 35.5. The summed E-state index contributed by atoms with van der Waals surface area (Å²) in [6.07, 6.45) is -3.11. The fourth-order valence-corrected chi connectivity index (χ4v) is 5.18. The van der Waals surface area contributed by atoms with E-state index in [9.17, 15) is 18.0 Å². The van der Waals surface area contributed by atoms with Gasteiger partial charge >= 0.3 is 6.36 Å². The summed E-state index contributed by atoms with van der Waals surface area (Å²) in [6.45, 7) is 4.48. The summed E-state index contributed by atoms with van der Waals surface area (Å²) in [4.78, 5) is 16.7. The average molecular weight is 626 g/mol. The molecule has 1 N–H and O–H groups in total. The lowest BCUT2D eigenvalue weighted by Crippen LogP contribution is -2.52. The second-order valence-corrected chi connectivity index (χ2v) is 9.94. The molecule has 0 radical (unpaired) electrons. The molecule has 5 rings (SSSR count). The molecule has 1 aliphatic heterocycles. The van der Waals surface area contributed by atoms with Crippen molar-refractivity contribution in [3.63, 3.8) is 0 Å². The molecule has 1 atom stereocenters. The number of nitrogens with one attached hydrogen (secondary N) is 1. The van der Waals surface area contributed by atoms with Crippen molar-refractivity contribution in [2.75, 3.05) is 36.5 Å². The summed E-state index contributed by atoms with van der Waals surface area (Å²) in [7, 11) is 1.51. The van der Waals surface area contributed by atoms with Gasteiger partial charge in [-0.3, -0.25) is 4.79 Å². The third-order valence-corrected chi connectivity index (χ3v) is 7.20. The smallest absolute Gasteiger partial charge is 0.497 e. The first-order chi connectivity index (χ1) is 19.9. The molecule has 0 bridgehead atoms. The molecule has 2 aromatic heterocycles. The lowest BCUT2D eigenvalue weighted by molar-refractivity contribution is -0.274. The van der Waals surface area contributed by atoms with E-state index in [-0.39, 0.29) is 42.0 Å². The largest absolute Gasteiger partial charge is 0.573 e. The van der Waals surface area contributed by atoms with Gasteiger partial charge in [0.15, 0.2) is 11.6 Å². The number of aryl methyl sites for hydroxylation is 1. The molecule has 1 saturated heterocycles. The van der Waals surface area contributed by atoms with Crippen molar-refractivity contribution in [3.8, 4) is 11.5 Å². The number of amides is 1. The number of carbonyl (C=O) groups is 1. The van der Waals surface area contributed by atoms with E-state index < -0.39 is 23.9 Å². The maximum Gasteiger partial charge on any atom is 0.573 e. The number of hydrogen-bond acceptors (Lipinski definition) is 6. The standard InChI is InChI=1S/C29H28F5N5O3.ClH/c1-17-16-37(12-13-38(17)20-5-7-21(8-6-20)42-29(32,33)34)23-9-4-19(26(30)27(23)31)15-35-28(40)25-18(2)36-39-11-10-22(41-3)14-24(25)39;/h4-11,14,17H,12-13,15-16H2,1-3H3,(H,35,40);1H/t17-;/m0./s1. The quantitative estimate of drug-likeness (QED) is 0.258. The van der Waals surface area contributed by atoms with E-state index in [1.807, 2.05) is 11.8 Å². The van der Waals surface area contributed by atoms with Crippen molar-refractivity contribution >= 4 is 35.2 Å². The van der Waals surface area contributed by atoms with Gasteiger partial charge in [0.2, 0.25) is 0 Å². The Kier molecular flexibility index (Phi) is 9.24. The van der Waals surface area contributed by atoms with E-state index in [0.717, 1.165) is 0 Å². The Balaban J connectivity index is 0.00000423. The highest BCUT2D eigenvalue weighted by Crippen LogP contribution is 2.30. The molecule has 3 heterocycles. The van der Waals surface area contributed by atoms with Crippen LogP contribution in [0.4, 0.5) is 33.3 Å². The zero-order valence-electron chi connectivity index (χ0n) is 23.4. The van der Waals surface area contributed by atoms with Gasteiger partial charge in [-0.25, -0.2) is 13.3 Å². The summed E-state index contributed by atoms with van der Waals surface area (Å²) in [5.41, 5.74) is 2.07. The van der Waals surface area contributed by atoms with Crippen molar-refractivity contribution < 1.29 is 36.2 Å². The number of piperazine rings is 1. The molecule has 1 amide bonds. The molecule has 1 aliphatic rings. The normalized spacial score (nSPS) is 15.3. The number of nitrogens with zero attached hydrogens (tertiary/aromatic N) is 4. The highest BCUT2D eigenvalue weighted by Gasteiger charge is 2.31. The minimum absolute atomic E-state index is 0. The van der Waals surface area contributed by atoms with Gasteiger partial charge < -0.3 is 24.6 Å². The number of rotatable bonds is 7. The number of alkyl halides is 3. The lowest BCUT2D eigenvalue weighted by atomic mass is 10.1. The van der Waals surface area contributed by atoms with Crippen LogP contribution in [-0.4, -0.2) is 54.7 Å². The van der Waals surface area contributed by atoms with Gasteiger partial charge in [-0.1, -0.05) is 6.07 Å². The first-order valence-corrected chi connectivity index (χ1v) is 13.1. The monoisotopic (exact) mass is 625 g/mol. The maximum atomic E-state index is 15.3. The number of benzene rings is 2. The van der Waals surface area contributed by atoms with Gasteiger partial charge in [-0.2, -0.15) is 5.10 Å². The molecular weight excluding hydrogens is 597 g/mol. The van der Waals surface area contributed by atoms with Gasteiger partial charge in [0.25, 0.3) is 5.91 Å². The second-order valence-electron chi connectivity index (χ2n) is 9.94. The zero-order chi connectivity index (χ0) is 30.2. The number of aromatic nitrogens is 2. The summed E-state index contributed by atoms with van der Waals surface area (Å²) in [6, 6.07) is 11.7. The minimum atomic E-state index is -4.77. The number of hydrogen-bond donors (Lipinski definition) is 1. The summed E-state index contributed by atoms with van der Waals surface area (Å²) in [5.74, 6) is -2.33. The van der Waals surface area contributed by atoms with E-state index in [1.165, 1.54) is 43.5 Å². The van der Waals surface area contributed by atoms with E-state index in [4.69, 9.17) is 4.74 Å². The van der Waals surface area contributed by atoms with E-state index in [0.29, 0.717) is 47.8 Å². The molecule has 14 heteroatoms. The number of methoxy groups -OCH3 is 1. The number of ether oxygens (including phenoxy) is 2. The summed E-state index contributed by atoms with van der Waals surface area (Å²) < 4.78 is 78.5. The van der Waals surface area contributed by atoms with Crippen LogP contribution in [0, 0.1) is 18.6 Å². The van der Waals surface area contributed by atoms with Crippen molar-refractivity contribution in [1.29, 1.82) is 0 Å². The predicted molar refractivity (Wildman–Crippen MR) is 153 cm³/mol. The van der Waals surface area contributed by atoms with Crippen LogP contribution >= 0.6 is 12.4 Å². The van der Waals surface area contributed by atoms with Gasteiger partial charge in [0.05, 0.1) is 29.6 Å². The molecule has 230 valence electrons. The maximum absolute atomic E-state index is 15.3. The Morgan fingerprint density at radius 1 is 1.05 bits per heavy atom. The molecule has 4 aromatic rings. The van der Waals surface area contributed by atoms with Crippen LogP contribution in [0.15, 0.2) is 54.7 Å². The average Bonchev–Trinajstić information content (AvgIpc) is 3.28. The Hall–Kier alpha value is -4.26. The Morgan fingerprint density at radius 3 is 2.42 bits per heavy atom. The van der Waals surface area contributed by atoms with Gasteiger partial charge in [-0.05, 0) is 50.2 Å². The molecule has 0 saturated carbocycles. The van der Waals surface area contributed by atoms with Gasteiger partial charge in [-0.15, -0.1) is 25.6 Å². The second kappa shape index (κ2) is 12.5. The molecule has 0 unspecified atom stereocenters. The van der Waals surface area contributed by atoms with Crippen LogP contribution in [0.5, 0.6) is 11.5 Å². The minimum Gasteiger partial charge on any atom is -0.497 e.